The smallest absolute Gasteiger partial charge is 0.268 e. The Morgan fingerprint density at radius 1 is 1.38 bits per heavy atom. The number of ketones is 1. The molecule has 1 saturated heterocycles. The summed E-state index contributed by atoms with van der Waals surface area (Å²) in [6, 6.07) is 5.61. The van der Waals surface area contributed by atoms with Crippen molar-refractivity contribution in [3.63, 3.8) is 0 Å². The maximum atomic E-state index is 13.4. The summed E-state index contributed by atoms with van der Waals surface area (Å²) in [7, 11) is 0. The summed E-state index contributed by atoms with van der Waals surface area (Å²) in [5, 5.41) is 8.91. The van der Waals surface area contributed by atoms with Gasteiger partial charge in [-0.3, -0.25) is 14.0 Å². The first-order valence-corrected chi connectivity index (χ1v) is 7.43. The molecule has 24 heavy (non-hydrogen) atoms. The van der Waals surface area contributed by atoms with Gasteiger partial charge in [0.25, 0.3) is 5.92 Å². The van der Waals surface area contributed by atoms with Crippen LogP contribution in [0, 0.1) is 11.3 Å². The second-order valence-corrected chi connectivity index (χ2v) is 5.72. The first-order chi connectivity index (χ1) is 11.4. The van der Waals surface area contributed by atoms with Crippen molar-refractivity contribution in [2.75, 3.05) is 6.54 Å². The number of rotatable bonds is 4. The number of hydrogen-bond acceptors (Lipinski definition) is 4. The number of nitrogens with zero attached hydrogens (tertiary/aromatic N) is 4. The molecule has 0 unspecified atom stereocenters. The monoisotopic (exact) mass is 332 g/mol. The molecule has 1 aliphatic heterocycles. The van der Waals surface area contributed by atoms with Crippen LogP contribution in [0.4, 0.5) is 8.78 Å². The number of alkyl halides is 2. The number of amides is 1. The average molecular weight is 332 g/mol. The van der Waals surface area contributed by atoms with E-state index < -0.39 is 30.8 Å². The van der Waals surface area contributed by atoms with Gasteiger partial charge in [0.2, 0.25) is 5.91 Å². The maximum absolute atomic E-state index is 13.4. The van der Waals surface area contributed by atoms with Crippen molar-refractivity contribution >= 4 is 17.3 Å². The van der Waals surface area contributed by atoms with Crippen LogP contribution in [0.5, 0.6) is 0 Å². The predicted octanol–water partition coefficient (Wildman–Crippen LogP) is 2.06. The largest absolute Gasteiger partial charge is 0.320 e. The van der Waals surface area contributed by atoms with E-state index in [-0.39, 0.29) is 18.6 Å². The van der Waals surface area contributed by atoms with Gasteiger partial charge in [-0.1, -0.05) is 0 Å². The molecule has 6 nitrogen and oxygen atoms in total. The molecule has 0 aromatic carbocycles. The van der Waals surface area contributed by atoms with E-state index in [0.717, 1.165) is 4.90 Å². The van der Waals surface area contributed by atoms with Crippen molar-refractivity contribution in [3.8, 4) is 6.07 Å². The molecular weight excluding hydrogens is 318 g/mol. The molecule has 0 radical (unpaired) electrons. The molecule has 124 valence electrons. The zero-order valence-corrected chi connectivity index (χ0v) is 12.7. The average Bonchev–Trinajstić information content (AvgIpc) is 3.15. The normalized spacial score (nSPS) is 19.4. The van der Waals surface area contributed by atoms with Crippen molar-refractivity contribution in [1.29, 1.82) is 5.26 Å². The second-order valence-electron chi connectivity index (χ2n) is 5.72. The third kappa shape index (κ3) is 2.97. The molecule has 1 aliphatic rings. The Hall–Kier alpha value is -2.82. The van der Waals surface area contributed by atoms with Crippen molar-refractivity contribution in [1.82, 2.24) is 14.3 Å². The molecule has 1 amide bonds. The fraction of sp³-hybridized carbons (Fsp3) is 0.375. The van der Waals surface area contributed by atoms with Gasteiger partial charge in [-0.05, 0) is 18.2 Å². The topological polar surface area (TPSA) is 78.5 Å². The van der Waals surface area contributed by atoms with E-state index in [1.807, 2.05) is 0 Å². The highest BCUT2D eigenvalue weighted by Crippen LogP contribution is 2.32. The molecule has 3 rings (SSSR count). The molecule has 8 heteroatoms. The first kappa shape index (κ1) is 16.1. The van der Waals surface area contributed by atoms with E-state index in [0.29, 0.717) is 11.3 Å². The van der Waals surface area contributed by atoms with Crippen molar-refractivity contribution in [2.45, 2.75) is 31.2 Å². The van der Waals surface area contributed by atoms with Crippen molar-refractivity contribution in [3.05, 3.63) is 36.3 Å². The molecule has 0 saturated carbocycles. The van der Waals surface area contributed by atoms with Gasteiger partial charge in [-0.2, -0.15) is 5.26 Å². The van der Waals surface area contributed by atoms with E-state index in [4.69, 9.17) is 5.26 Å². The lowest BCUT2D eigenvalue weighted by Gasteiger charge is -2.18. The first-order valence-electron chi connectivity index (χ1n) is 7.43. The SMILES string of the molecule is N#C[C@@H]1CC(F)(F)CN1C(=O)CCC(=O)c1ccnc2cccn12. The third-order valence-corrected chi connectivity index (χ3v) is 4.02. The molecule has 0 spiro atoms. The molecular formula is C16H14F2N4O2. The highest BCUT2D eigenvalue weighted by Gasteiger charge is 2.47. The van der Waals surface area contributed by atoms with Crippen molar-refractivity contribution < 1.29 is 18.4 Å². The van der Waals surface area contributed by atoms with Crippen LogP contribution in [0.2, 0.25) is 0 Å². The minimum absolute atomic E-state index is 0.115. The number of hydrogen-bond donors (Lipinski definition) is 0. The van der Waals surface area contributed by atoms with Crippen LogP contribution in [0.1, 0.15) is 29.8 Å². The highest BCUT2D eigenvalue weighted by molar-refractivity contribution is 5.97. The zero-order chi connectivity index (χ0) is 17.3. The minimum atomic E-state index is -3.05. The van der Waals surface area contributed by atoms with Crippen LogP contribution < -0.4 is 0 Å². The summed E-state index contributed by atoms with van der Waals surface area (Å²) in [5.74, 6) is -3.95. The van der Waals surface area contributed by atoms with E-state index >= 15 is 0 Å². The molecule has 0 aliphatic carbocycles. The minimum Gasteiger partial charge on any atom is -0.320 e. The lowest BCUT2D eigenvalue weighted by atomic mass is 10.1. The highest BCUT2D eigenvalue weighted by atomic mass is 19.3. The van der Waals surface area contributed by atoms with E-state index in [9.17, 15) is 18.4 Å². The quantitative estimate of drug-likeness (QED) is 0.803. The van der Waals surface area contributed by atoms with Gasteiger partial charge in [-0.25, -0.2) is 13.8 Å². The van der Waals surface area contributed by atoms with Crippen LogP contribution in [0.25, 0.3) is 5.65 Å². The van der Waals surface area contributed by atoms with Gasteiger partial charge in [0.15, 0.2) is 5.78 Å². The summed E-state index contributed by atoms with van der Waals surface area (Å²) in [5.41, 5.74) is 0.984. The lowest BCUT2D eigenvalue weighted by Crippen LogP contribution is -2.36. The van der Waals surface area contributed by atoms with Gasteiger partial charge in [0, 0.05) is 31.7 Å². The van der Waals surface area contributed by atoms with Gasteiger partial charge >= 0.3 is 0 Å². The Bertz CT molecular complexity index is 840. The Morgan fingerprint density at radius 2 is 2.17 bits per heavy atom. The third-order valence-electron chi connectivity index (χ3n) is 4.02. The van der Waals surface area contributed by atoms with Gasteiger partial charge in [0.05, 0.1) is 18.3 Å². The van der Waals surface area contributed by atoms with E-state index in [2.05, 4.69) is 4.98 Å². The molecule has 0 bridgehead atoms. The molecule has 2 aromatic heterocycles. The number of nitriles is 1. The fourth-order valence-corrected chi connectivity index (χ4v) is 2.86. The molecule has 1 atom stereocenters. The van der Waals surface area contributed by atoms with Crippen LogP contribution in [-0.4, -0.2) is 44.5 Å². The summed E-state index contributed by atoms with van der Waals surface area (Å²) in [6.45, 7) is -0.768. The van der Waals surface area contributed by atoms with E-state index in [1.165, 1.54) is 6.20 Å². The summed E-state index contributed by atoms with van der Waals surface area (Å²) in [4.78, 5) is 29.4. The number of likely N-dealkylation sites (tertiary alicyclic amines) is 1. The summed E-state index contributed by atoms with van der Waals surface area (Å²) >= 11 is 0. The number of aromatic nitrogens is 2. The molecule has 2 aromatic rings. The zero-order valence-electron chi connectivity index (χ0n) is 12.7. The Morgan fingerprint density at radius 3 is 2.92 bits per heavy atom. The maximum Gasteiger partial charge on any atom is 0.268 e. The van der Waals surface area contributed by atoms with Gasteiger partial charge in [0.1, 0.15) is 11.7 Å². The number of fused-ring (bicyclic) bond motifs is 1. The lowest BCUT2D eigenvalue weighted by molar-refractivity contribution is -0.132. The Kier molecular flexibility index (Phi) is 4.01. The van der Waals surface area contributed by atoms with Gasteiger partial charge in [-0.15, -0.1) is 0 Å². The molecule has 0 N–H and O–H groups in total. The number of Topliss-reactive ketones (excluding diaryl/α,β-unsaturated/α-hetero) is 1. The molecule has 1 fully saturated rings. The summed E-state index contributed by atoms with van der Waals surface area (Å²) in [6.07, 6.45) is 2.20. The Balaban J connectivity index is 1.67. The number of carbonyl (C=O) groups excluding carboxylic acids is 2. The fourth-order valence-electron chi connectivity index (χ4n) is 2.86. The number of carbonyl (C=O) groups is 2. The van der Waals surface area contributed by atoms with E-state index in [1.54, 1.807) is 34.9 Å². The second kappa shape index (κ2) is 6.00. The predicted molar refractivity (Wildman–Crippen MR) is 79.4 cm³/mol. The van der Waals surface area contributed by atoms with Crippen LogP contribution in [-0.2, 0) is 4.79 Å². The van der Waals surface area contributed by atoms with Crippen LogP contribution >= 0.6 is 0 Å². The van der Waals surface area contributed by atoms with Crippen molar-refractivity contribution in [2.24, 2.45) is 0 Å². The Labute approximate surface area is 136 Å². The van der Waals surface area contributed by atoms with Crippen LogP contribution in [0.3, 0.4) is 0 Å². The van der Waals surface area contributed by atoms with Gasteiger partial charge < -0.3 is 4.90 Å². The van der Waals surface area contributed by atoms with Crippen LogP contribution in [0.15, 0.2) is 30.6 Å². The standard InChI is InChI=1S/C16H14F2N4O2/c17-16(18)8-11(9-19)22(10-16)15(24)4-3-13(23)12-5-6-20-14-2-1-7-21(12)14/h1-2,5-7,11H,3-4,8,10H2/t11-/m0/s1. The summed E-state index contributed by atoms with van der Waals surface area (Å²) < 4.78 is 28.4. The number of halogens is 2. The molecule has 3 heterocycles.